The maximum absolute atomic E-state index is 13.9. The van der Waals surface area contributed by atoms with E-state index in [2.05, 4.69) is 5.32 Å². The lowest BCUT2D eigenvalue weighted by Crippen LogP contribution is -2.26. The van der Waals surface area contributed by atoms with Gasteiger partial charge in [0, 0.05) is 31.2 Å². The summed E-state index contributed by atoms with van der Waals surface area (Å²) in [7, 11) is 3.06. The number of halogens is 2. The van der Waals surface area contributed by atoms with Crippen LogP contribution in [0.25, 0.3) is 0 Å². The molecule has 0 atom stereocenters. The molecular weight excluding hydrogens is 319 g/mol. The van der Waals surface area contributed by atoms with Crippen molar-refractivity contribution in [2.45, 2.75) is 6.54 Å². The number of benzene rings is 2. The Kier molecular flexibility index (Phi) is 5.34. The van der Waals surface area contributed by atoms with Crippen LogP contribution in [0, 0.1) is 5.82 Å². The molecule has 0 heterocycles. The van der Waals surface area contributed by atoms with Gasteiger partial charge in [-0.05, 0) is 35.9 Å². The average Bonchev–Trinajstić information content (AvgIpc) is 2.53. The van der Waals surface area contributed by atoms with Gasteiger partial charge in [-0.15, -0.1) is 0 Å². The smallest absolute Gasteiger partial charge is 0.253 e. The van der Waals surface area contributed by atoms with E-state index in [0.29, 0.717) is 16.1 Å². The zero-order chi connectivity index (χ0) is 17.0. The van der Waals surface area contributed by atoms with E-state index in [-0.39, 0.29) is 18.0 Å². The average molecular weight is 335 g/mol. The molecule has 0 spiro atoms. The molecule has 0 saturated carbocycles. The molecule has 0 aliphatic heterocycles. The Morgan fingerprint density at radius 3 is 2.57 bits per heavy atom. The molecule has 2 rings (SSSR count). The Morgan fingerprint density at radius 1 is 1.22 bits per heavy atom. The molecule has 1 N–H and O–H groups in total. The Morgan fingerprint density at radius 2 is 1.96 bits per heavy atom. The van der Waals surface area contributed by atoms with Crippen LogP contribution >= 0.6 is 11.6 Å². The highest BCUT2D eigenvalue weighted by molar-refractivity contribution is 6.30. The van der Waals surface area contributed by atoms with E-state index in [4.69, 9.17) is 11.6 Å². The van der Waals surface area contributed by atoms with Crippen molar-refractivity contribution in [3.8, 4) is 0 Å². The summed E-state index contributed by atoms with van der Waals surface area (Å²) in [6.45, 7) is 0.219. The molecule has 0 radical (unpaired) electrons. The van der Waals surface area contributed by atoms with Crippen molar-refractivity contribution < 1.29 is 14.0 Å². The van der Waals surface area contributed by atoms with Crippen molar-refractivity contribution in [1.82, 2.24) is 10.2 Å². The van der Waals surface area contributed by atoms with Gasteiger partial charge >= 0.3 is 0 Å². The van der Waals surface area contributed by atoms with E-state index in [1.54, 1.807) is 37.4 Å². The number of nitrogens with one attached hydrogen (secondary N) is 1. The highest BCUT2D eigenvalue weighted by Gasteiger charge is 2.15. The molecule has 4 nitrogen and oxygen atoms in total. The molecule has 6 heteroatoms. The summed E-state index contributed by atoms with van der Waals surface area (Å²) in [4.78, 5) is 25.2. The molecule has 0 bridgehead atoms. The minimum atomic E-state index is -0.620. The van der Waals surface area contributed by atoms with E-state index >= 15 is 0 Å². The number of amides is 2. The third-order valence-electron chi connectivity index (χ3n) is 3.34. The zero-order valence-electron chi connectivity index (χ0n) is 12.8. The minimum absolute atomic E-state index is 0.0277. The van der Waals surface area contributed by atoms with Gasteiger partial charge in [0.25, 0.3) is 11.8 Å². The van der Waals surface area contributed by atoms with Gasteiger partial charge in [0.1, 0.15) is 5.82 Å². The quantitative estimate of drug-likeness (QED) is 0.934. The first-order valence-electron chi connectivity index (χ1n) is 6.94. The minimum Gasteiger partial charge on any atom is -0.355 e. The van der Waals surface area contributed by atoms with Gasteiger partial charge < -0.3 is 10.2 Å². The lowest BCUT2D eigenvalue weighted by atomic mass is 10.1. The summed E-state index contributed by atoms with van der Waals surface area (Å²) >= 11 is 5.88. The Balaban J connectivity index is 2.14. The fourth-order valence-corrected chi connectivity index (χ4v) is 2.35. The summed E-state index contributed by atoms with van der Waals surface area (Å²) < 4.78 is 13.9. The highest BCUT2D eigenvalue weighted by Crippen LogP contribution is 2.15. The van der Waals surface area contributed by atoms with Crippen LogP contribution in [0.4, 0.5) is 4.39 Å². The molecule has 23 heavy (non-hydrogen) atoms. The first kappa shape index (κ1) is 17.0. The van der Waals surface area contributed by atoms with Crippen LogP contribution < -0.4 is 5.32 Å². The number of hydrogen-bond donors (Lipinski definition) is 1. The predicted molar refractivity (Wildman–Crippen MR) is 87.0 cm³/mol. The van der Waals surface area contributed by atoms with E-state index < -0.39 is 11.7 Å². The van der Waals surface area contributed by atoms with E-state index in [0.717, 1.165) is 0 Å². The predicted octanol–water partition coefficient (Wildman–Crippen LogP) is 3.11. The molecule has 2 amide bonds. The van der Waals surface area contributed by atoms with Gasteiger partial charge in [0.05, 0.1) is 5.56 Å². The second kappa shape index (κ2) is 7.24. The fourth-order valence-electron chi connectivity index (χ4n) is 2.16. The second-order valence-electron chi connectivity index (χ2n) is 5.06. The standard InChI is InChI=1S/C17H16ClFN2O2/c1-20-16(22)14-7-6-11(8-15(14)19)10-21(2)17(23)12-4-3-5-13(18)9-12/h3-9H,10H2,1-2H3,(H,20,22). The van der Waals surface area contributed by atoms with E-state index in [1.807, 2.05) is 0 Å². The summed E-state index contributed by atoms with van der Waals surface area (Å²) in [5.41, 5.74) is 1.02. The Hall–Kier alpha value is -2.40. The summed E-state index contributed by atoms with van der Waals surface area (Å²) in [5.74, 6) is -1.33. The Labute approximate surface area is 138 Å². The van der Waals surface area contributed by atoms with Crippen LogP contribution in [0.3, 0.4) is 0 Å². The van der Waals surface area contributed by atoms with Crippen LogP contribution in [-0.2, 0) is 6.54 Å². The summed E-state index contributed by atoms with van der Waals surface area (Å²) in [6, 6.07) is 10.9. The van der Waals surface area contributed by atoms with E-state index in [9.17, 15) is 14.0 Å². The van der Waals surface area contributed by atoms with Crippen LogP contribution in [0.2, 0.25) is 5.02 Å². The van der Waals surface area contributed by atoms with Crippen molar-refractivity contribution in [2.24, 2.45) is 0 Å². The largest absolute Gasteiger partial charge is 0.355 e. The van der Waals surface area contributed by atoms with E-state index in [1.165, 1.54) is 24.1 Å². The van der Waals surface area contributed by atoms with Crippen LogP contribution in [0.1, 0.15) is 26.3 Å². The molecule has 2 aromatic carbocycles. The van der Waals surface area contributed by atoms with Crippen molar-refractivity contribution in [2.75, 3.05) is 14.1 Å². The summed E-state index contributed by atoms with van der Waals surface area (Å²) in [5, 5.41) is 2.85. The first-order valence-corrected chi connectivity index (χ1v) is 7.31. The second-order valence-corrected chi connectivity index (χ2v) is 5.50. The lowest BCUT2D eigenvalue weighted by molar-refractivity contribution is 0.0784. The normalized spacial score (nSPS) is 10.3. The monoisotopic (exact) mass is 334 g/mol. The molecule has 0 unspecified atom stereocenters. The maximum Gasteiger partial charge on any atom is 0.253 e. The third-order valence-corrected chi connectivity index (χ3v) is 3.58. The fraction of sp³-hybridized carbons (Fsp3) is 0.176. The van der Waals surface area contributed by atoms with Crippen molar-refractivity contribution in [3.63, 3.8) is 0 Å². The summed E-state index contributed by atoms with van der Waals surface area (Å²) in [6.07, 6.45) is 0. The van der Waals surface area contributed by atoms with Gasteiger partial charge in [-0.1, -0.05) is 23.7 Å². The first-order chi connectivity index (χ1) is 10.9. The van der Waals surface area contributed by atoms with Gasteiger partial charge in [-0.25, -0.2) is 4.39 Å². The maximum atomic E-state index is 13.9. The van der Waals surface area contributed by atoms with Crippen molar-refractivity contribution in [3.05, 3.63) is 70.0 Å². The van der Waals surface area contributed by atoms with Crippen LogP contribution in [-0.4, -0.2) is 30.8 Å². The number of carbonyl (C=O) groups is 2. The van der Waals surface area contributed by atoms with Crippen LogP contribution in [0.5, 0.6) is 0 Å². The van der Waals surface area contributed by atoms with Gasteiger partial charge in [0.15, 0.2) is 0 Å². The number of rotatable bonds is 4. The molecule has 0 aliphatic carbocycles. The molecule has 0 aromatic heterocycles. The van der Waals surface area contributed by atoms with Crippen LogP contribution in [0.15, 0.2) is 42.5 Å². The van der Waals surface area contributed by atoms with Gasteiger partial charge in [0.2, 0.25) is 0 Å². The van der Waals surface area contributed by atoms with Gasteiger partial charge in [-0.2, -0.15) is 0 Å². The number of carbonyl (C=O) groups excluding carboxylic acids is 2. The zero-order valence-corrected chi connectivity index (χ0v) is 13.5. The molecule has 2 aromatic rings. The molecule has 0 saturated heterocycles. The number of hydrogen-bond acceptors (Lipinski definition) is 2. The Bertz CT molecular complexity index is 749. The molecular formula is C17H16ClFN2O2. The lowest BCUT2D eigenvalue weighted by Gasteiger charge is -2.18. The highest BCUT2D eigenvalue weighted by atomic mass is 35.5. The molecule has 0 fully saturated rings. The number of nitrogens with zero attached hydrogens (tertiary/aromatic N) is 1. The third kappa shape index (κ3) is 4.07. The van der Waals surface area contributed by atoms with Crippen molar-refractivity contribution in [1.29, 1.82) is 0 Å². The topological polar surface area (TPSA) is 49.4 Å². The molecule has 120 valence electrons. The molecule has 0 aliphatic rings. The van der Waals surface area contributed by atoms with Gasteiger partial charge in [-0.3, -0.25) is 9.59 Å². The SMILES string of the molecule is CNC(=O)c1ccc(CN(C)C(=O)c2cccc(Cl)c2)cc1F. The van der Waals surface area contributed by atoms with Crippen molar-refractivity contribution >= 4 is 23.4 Å².